The fourth-order valence-corrected chi connectivity index (χ4v) is 1.79. The second-order valence-electron chi connectivity index (χ2n) is 2.22. The molecule has 1 nitrogen and oxygen atoms in total. The second-order valence-corrected chi connectivity index (χ2v) is 3.17. The Morgan fingerprint density at radius 1 is 1.30 bits per heavy atom. The molecular formula is C8H7NS. The van der Waals surface area contributed by atoms with E-state index in [9.17, 15) is 0 Å². The van der Waals surface area contributed by atoms with Crippen LogP contribution in [0.5, 0.6) is 0 Å². The van der Waals surface area contributed by atoms with Gasteiger partial charge in [0.05, 0.1) is 0 Å². The Kier molecular flexibility index (Phi) is 1.14. The predicted molar refractivity (Wildman–Crippen MR) is 45.4 cm³/mol. The summed E-state index contributed by atoms with van der Waals surface area (Å²) in [6.45, 7) is 0. The van der Waals surface area contributed by atoms with Crippen molar-refractivity contribution in [3.05, 3.63) is 29.6 Å². The van der Waals surface area contributed by atoms with E-state index < -0.39 is 0 Å². The molecule has 2 aliphatic rings. The molecule has 0 aromatic carbocycles. The molecule has 0 spiro atoms. The first-order chi connectivity index (χ1) is 4.86. The SMILES string of the molecule is Nc1cc2cccsc-2c1. The maximum absolute atomic E-state index is 5.60. The summed E-state index contributed by atoms with van der Waals surface area (Å²) in [7, 11) is 0. The van der Waals surface area contributed by atoms with Crippen LogP contribution in [0.3, 0.4) is 0 Å². The third kappa shape index (κ3) is 0.772. The normalized spacial score (nSPS) is 10.4. The molecule has 0 radical (unpaired) electrons. The highest BCUT2D eigenvalue weighted by molar-refractivity contribution is 7.13. The predicted octanol–water partition coefficient (Wildman–Crippen LogP) is 2.44. The number of nitrogen functional groups attached to an aromatic ring is 1. The van der Waals surface area contributed by atoms with Gasteiger partial charge < -0.3 is 5.73 Å². The Labute approximate surface area is 63.4 Å². The van der Waals surface area contributed by atoms with Crippen molar-refractivity contribution in [3.8, 4) is 10.4 Å². The van der Waals surface area contributed by atoms with E-state index in [1.807, 2.05) is 18.2 Å². The van der Waals surface area contributed by atoms with E-state index in [0.29, 0.717) is 0 Å². The van der Waals surface area contributed by atoms with E-state index in [1.165, 1.54) is 10.4 Å². The third-order valence-corrected chi connectivity index (χ3v) is 2.35. The Morgan fingerprint density at radius 3 is 3.00 bits per heavy atom. The fourth-order valence-electron chi connectivity index (χ4n) is 1.01. The van der Waals surface area contributed by atoms with Crippen LogP contribution in [-0.4, -0.2) is 0 Å². The molecule has 0 atom stereocenters. The van der Waals surface area contributed by atoms with Crippen molar-refractivity contribution in [2.45, 2.75) is 0 Å². The van der Waals surface area contributed by atoms with Crippen molar-refractivity contribution in [2.24, 2.45) is 0 Å². The van der Waals surface area contributed by atoms with Crippen LogP contribution in [0.25, 0.3) is 10.4 Å². The maximum atomic E-state index is 5.60. The summed E-state index contributed by atoms with van der Waals surface area (Å²) in [5, 5.41) is 2.06. The molecule has 2 heteroatoms. The fraction of sp³-hybridized carbons (Fsp3) is 0. The number of hydrogen-bond acceptors (Lipinski definition) is 2. The second kappa shape index (κ2) is 1.99. The van der Waals surface area contributed by atoms with Gasteiger partial charge in [0, 0.05) is 10.6 Å². The first-order valence-electron chi connectivity index (χ1n) is 3.09. The van der Waals surface area contributed by atoms with Gasteiger partial charge >= 0.3 is 0 Å². The molecule has 0 aromatic rings. The van der Waals surface area contributed by atoms with Gasteiger partial charge in [0.1, 0.15) is 0 Å². The lowest BCUT2D eigenvalue weighted by Crippen LogP contribution is -1.74. The Bertz CT molecular complexity index is 283. The summed E-state index contributed by atoms with van der Waals surface area (Å²) in [5.41, 5.74) is 7.70. The van der Waals surface area contributed by atoms with Crippen molar-refractivity contribution in [1.82, 2.24) is 0 Å². The van der Waals surface area contributed by atoms with Gasteiger partial charge in [-0.3, -0.25) is 0 Å². The molecule has 0 bridgehead atoms. The monoisotopic (exact) mass is 149 g/mol. The van der Waals surface area contributed by atoms with Gasteiger partial charge in [-0.15, -0.1) is 11.3 Å². The largest absolute Gasteiger partial charge is 0.399 e. The Balaban J connectivity index is 2.76. The molecule has 0 amide bonds. The summed E-state index contributed by atoms with van der Waals surface area (Å²) >= 11 is 1.72. The number of rotatable bonds is 0. The maximum Gasteiger partial charge on any atom is 0.0363 e. The number of fused-ring (bicyclic) bond motifs is 1. The van der Waals surface area contributed by atoms with Crippen LogP contribution < -0.4 is 5.73 Å². The molecule has 0 aromatic heterocycles. The molecule has 50 valence electrons. The van der Waals surface area contributed by atoms with Gasteiger partial charge in [0.2, 0.25) is 0 Å². The number of nitrogens with two attached hydrogens (primary N) is 1. The molecule has 2 rings (SSSR count). The molecule has 1 aliphatic heterocycles. The van der Waals surface area contributed by atoms with E-state index >= 15 is 0 Å². The highest BCUT2D eigenvalue weighted by atomic mass is 32.1. The summed E-state index contributed by atoms with van der Waals surface area (Å²) < 4.78 is 0. The van der Waals surface area contributed by atoms with E-state index in [0.717, 1.165) is 5.69 Å². The quantitative estimate of drug-likeness (QED) is 0.611. The minimum atomic E-state index is 0.859. The summed E-state index contributed by atoms with van der Waals surface area (Å²) in [6.07, 6.45) is 0. The van der Waals surface area contributed by atoms with Crippen molar-refractivity contribution in [2.75, 3.05) is 5.73 Å². The molecule has 1 aliphatic carbocycles. The van der Waals surface area contributed by atoms with Gasteiger partial charge in [0.15, 0.2) is 0 Å². The van der Waals surface area contributed by atoms with Crippen LogP contribution in [0.4, 0.5) is 5.69 Å². The van der Waals surface area contributed by atoms with Crippen molar-refractivity contribution in [3.63, 3.8) is 0 Å². The standard InChI is InChI=1S/C8H7NS/c9-7-4-6-2-1-3-10-8(6)5-7/h1-5H,9H2. The van der Waals surface area contributed by atoms with Crippen molar-refractivity contribution < 1.29 is 0 Å². The van der Waals surface area contributed by atoms with Gasteiger partial charge in [-0.05, 0) is 23.1 Å². The van der Waals surface area contributed by atoms with Crippen molar-refractivity contribution >= 4 is 17.0 Å². The smallest absolute Gasteiger partial charge is 0.0363 e. The lowest BCUT2D eigenvalue weighted by Gasteiger charge is -1.90. The van der Waals surface area contributed by atoms with E-state index in [2.05, 4.69) is 11.4 Å². The Morgan fingerprint density at radius 2 is 2.20 bits per heavy atom. The average molecular weight is 149 g/mol. The van der Waals surface area contributed by atoms with Crippen LogP contribution in [0.2, 0.25) is 0 Å². The van der Waals surface area contributed by atoms with Crippen LogP contribution in [-0.2, 0) is 0 Å². The van der Waals surface area contributed by atoms with E-state index in [4.69, 9.17) is 5.73 Å². The summed E-state index contributed by atoms with van der Waals surface area (Å²) in [5.74, 6) is 0. The van der Waals surface area contributed by atoms with E-state index in [-0.39, 0.29) is 0 Å². The van der Waals surface area contributed by atoms with Crippen molar-refractivity contribution in [1.29, 1.82) is 0 Å². The molecule has 0 saturated heterocycles. The zero-order valence-corrected chi connectivity index (χ0v) is 6.19. The minimum Gasteiger partial charge on any atom is -0.399 e. The van der Waals surface area contributed by atoms with Crippen LogP contribution in [0, 0.1) is 0 Å². The molecule has 10 heavy (non-hydrogen) atoms. The molecule has 1 heterocycles. The lowest BCUT2D eigenvalue weighted by molar-refractivity contribution is 1.84. The number of hydrogen-bond donors (Lipinski definition) is 1. The first kappa shape index (κ1) is 5.74. The molecular weight excluding hydrogens is 142 g/mol. The molecule has 0 fully saturated rings. The summed E-state index contributed by atoms with van der Waals surface area (Å²) in [4.78, 5) is 1.26. The minimum absolute atomic E-state index is 0.859. The highest BCUT2D eigenvalue weighted by Gasteiger charge is 2.01. The average Bonchev–Trinajstić information content (AvgIpc) is 2.27. The zero-order valence-electron chi connectivity index (χ0n) is 5.37. The highest BCUT2D eigenvalue weighted by Crippen LogP contribution is 2.30. The van der Waals surface area contributed by atoms with Crippen LogP contribution in [0.1, 0.15) is 0 Å². The third-order valence-electron chi connectivity index (χ3n) is 1.45. The van der Waals surface area contributed by atoms with Crippen LogP contribution >= 0.6 is 11.3 Å². The van der Waals surface area contributed by atoms with Crippen LogP contribution in [0.15, 0.2) is 29.6 Å². The molecule has 0 unspecified atom stereocenters. The van der Waals surface area contributed by atoms with Gasteiger partial charge in [-0.1, -0.05) is 12.1 Å². The lowest BCUT2D eigenvalue weighted by atomic mass is 10.3. The first-order valence-corrected chi connectivity index (χ1v) is 3.97. The summed E-state index contributed by atoms with van der Waals surface area (Å²) in [6, 6.07) is 8.10. The Hall–Kier alpha value is -1.02. The van der Waals surface area contributed by atoms with E-state index in [1.54, 1.807) is 11.3 Å². The van der Waals surface area contributed by atoms with Gasteiger partial charge in [0.25, 0.3) is 0 Å². The number of anilines is 1. The van der Waals surface area contributed by atoms with Gasteiger partial charge in [-0.25, -0.2) is 0 Å². The zero-order chi connectivity index (χ0) is 6.97. The topological polar surface area (TPSA) is 26.0 Å². The molecule has 2 N–H and O–H groups in total. The molecule has 0 saturated carbocycles. The van der Waals surface area contributed by atoms with Gasteiger partial charge in [-0.2, -0.15) is 0 Å².